The fourth-order valence-corrected chi connectivity index (χ4v) is 2.35. The van der Waals surface area contributed by atoms with E-state index in [1.807, 2.05) is 36.4 Å². The van der Waals surface area contributed by atoms with Gasteiger partial charge in [-0.25, -0.2) is 0 Å². The maximum absolute atomic E-state index is 12.5. The van der Waals surface area contributed by atoms with E-state index in [1.54, 1.807) is 18.2 Å². The Morgan fingerprint density at radius 3 is 2.63 bits per heavy atom. The number of hydrogen-bond donors (Lipinski definition) is 1. The standard InChI is InChI=1S/C13H15ClINO3/c1-3-8(2)16(7-12(17)18)13(19)10-6-9(14)4-5-11(10)15/h4-6,8H,3,7H2,1-2H3,(H,17,18). The van der Waals surface area contributed by atoms with Crippen molar-refractivity contribution < 1.29 is 14.7 Å². The minimum Gasteiger partial charge on any atom is -0.480 e. The molecule has 0 saturated heterocycles. The molecule has 0 radical (unpaired) electrons. The average Bonchev–Trinajstić information content (AvgIpc) is 2.37. The Morgan fingerprint density at radius 1 is 1.47 bits per heavy atom. The summed E-state index contributed by atoms with van der Waals surface area (Å²) in [7, 11) is 0. The van der Waals surface area contributed by atoms with Gasteiger partial charge in [-0.05, 0) is 54.1 Å². The highest BCUT2D eigenvalue weighted by atomic mass is 127. The van der Waals surface area contributed by atoms with Crippen molar-refractivity contribution in [2.75, 3.05) is 6.54 Å². The lowest BCUT2D eigenvalue weighted by Crippen LogP contribution is -2.42. The molecule has 0 heterocycles. The summed E-state index contributed by atoms with van der Waals surface area (Å²) in [5.74, 6) is -1.32. The van der Waals surface area contributed by atoms with Gasteiger partial charge in [0.2, 0.25) is 0 Å². The third kappa shape index (κ3) is 4.35. The van der Waals surface area contributed by atoms with Crippen LogP contribution in [0.3, 0.4) is 0 Å². The number of amides is 1. The quantitative estimate of drug-likeness (QED) is 0.779. The molecule has 0 fully saturated rings. The smallest absolute Gasteiger partial charge is 0.323 e. The Labute approximate surface area is 130 Å². The van der Waals surface area contributed by atoms with Crippen LogP contribution >= 0.6 is 34.2 Å². The molecule has 1 aromatic rings. The maximum Gasteiger partial charge on any atom is 0.323 e. The molecule has 0 saturated carbocycles. The number of carbonyl (C=O) groups excluding carboxylic acids is 1. The Hall–Kier alpha value is -0.820. The molecule has 0 bridgehead atoms. The van der Waals surface area contributed by atoms with Crippen LogP contribution in [0, 0.1) is 3.57 Å². The monoisotopic (exact) mass is 395 g/mol. The molecule has 6 heteroatoms. The van der Waals surface area contributed by atoms with Crippen LogP contribution in [-0.4, -0.2) is 34.5 Å². The Morgan fingerprint density at radius 2 is 2.11 bits per heavy atom. The molecular weight excluding hydrogens is 381 g/mol. The van der Waals surface area contributed by atoms with E-state index in [-0.39, 0.29) is 18.5 Å². The van der Waals surface area contributed by atoms with Crippen LogP contribution in [0.2, 0.25) is 5.02 Å². The van der Waals surface area contributed by atoms with E-state index < -0.39 is 5.97 Å². The minimum atomic E-state index is -1.02. The first-order valence-corrected chi connectivity index (χ1v) is 7.30. The summed E-state index contributed by atoms with van der Waals surface area (Å²) >= 11 is 7.94. The third-order valence-electron chi connectivity index (χ3n) is 2.85. The number of rotatable bonds is 5. The lowest BCUT2D eigenvalue weighted by Gasteiger charge is -2.27. The summed E-state index contributed by atoms with van der Waals surface area (Å²) in [6.45, 7) is 3.43. The maximum atomic E-state index is 12.5. The average molecular weight is 396 g/mol. The molecule has 19 heavy (non-hydrogen) atoms. The van der Waals surface area contributed by atoms with Crippen LogP contribution in [0.1, 0.15) is 30.6 Å². The van der Waals surface area contributed by atoms with Gasteiger partial charge in [0.15, 0.2) is 0 Å². The van der Waals surface area contributed by atoms with Crippen LogP contribution in [0.4, 0.5) is 0 Å². The lowest BCUT2D eigenvalue weighted by atomic mass is 10.1. The van der Waals surface area contributed by atoms with Gasteiger partial charge in [0.25, 0.3) is 5.91 Å². The fourth-order valence-electron chi connectivity index (χ4n) is 1.61. The third-order valence-corrected chi connectivity index (χ3v) is 4.02. The Bertz CT molecular complexity index is 493. The summed E-state index contributed by atoms with van der Waals surface area (Å²) in [5, 5.41) is 9.39. The van der Waals surface area contributed by atoms with Crippen molar-refractivity contribution in [1.82, 2.24) is 4.90 Å². The van der Waals surface area contributed by atoms with Crippen molar-refractivity contribution in [3.05, 3.63) is 32.4 Å². The van der Waals surface area contributed by atoms with Gasteiger partial charge < -0.3 is 10.0 Å². The van der Waals surface area contributed by atoms with Crippen molar-refractivity contribution in [1.29, 1.82) is 0 Å². The molecule has 1 aromatic carbocycles. The normalized spacial score (nSPS) is 12.0. The molecule has 0 spiro atoms. The lowest BCUT2D eigenvalue weighted by molar-refractivity contribution is -0.138. The summed E-state index contributed by atoms with van der Waals surface area (Å²) < 4.78 is 0.755. The fraction of sp³-hybridized carbons (Fsp3) is 0.385. The highest BCUT2D eigenvalue weighted by molar-refractivity contribution is 14.1. The molecule has 1 unspecified atom stereocenters. The van der Waals surface area contributed by atoms with E-state index in [0.717, 1.165) is 3.57 Å². The van der Waals surface area contributed by atoms with Gasteiger partial charge in [-0.3, -0.25) is 9.59 Å². The van der Waals surface area contributed by atoms with Gasteiger partial charge in [0, 0.05) is 14.6 Å². The van der Waals surface area contributed by atoms with Crippen molar-refractivity contribution in [3.63, 3.8) is 0 Å². The number of carbonyl (C=O) groups is 2. The molecule has 1 atom stereocenters. The van der Waals surface area contributed by atoms with Crippen molar-refractivity contribution in [2.45, 2.75) is 26.3 Å². The molecule has 0 aliphatic carbocycles. The SMILES string of the molecule is CCC(C)N(CC(=O)O)C(=O)c1cc(Cl)ccc1I. The Kier molecular flexibility index (Phi) is 6.06. The first-order valence-electron chi connectivity index (χ1n) is 5.84. The number of halogens is 2. The van der Waals surface area contributed by atoms with E-state index in [0.29, 0.717) is 17.0 Å². The second-order valence-corrected chi connectivity index (χ2v) is 5.81. The number of carboxylic acid groups (broad SMARTS) is 1. The Balaban J connectivity index is 3.11. The predicted octanol–water partition coefficient (Wildman–Crippen LogP) is 3.27. The second-order valence-electron chi connectivity index (χ2n) is 4.21. The summed E-state index contributed by atoms with van der Waals surface area (Å²) in [6, 6.07) is 4.87. The minimum absolute atomic E-state index is 0.140. The van der Waals surface area contributed by atoms with Gasteiger partial charge in [-0.2, -0.15) is 0 Å². The van der Waals surface area contributed by atoms with Gasteiger partial charge in [-0.15, -0.1) is 0 Å². The topological polar surface area (TPSA) is 57.6 Å². The number of nitrogens with zero attached hydrogens (tertiary/aromatic N) is 1. The molecule has 1 rings (SSSR count). The van der Waals surface area contributed by atoms with E-state index in [2.05, 4.69) is 0 Å². The molecule has 104 valence electrons. The number of hydrogen-bond acceptors (Lipinski definition) is 2. The first kappa shape index (κ1) is 16.2. The molecule has 4 nitrogen and oxygen atoms in total. The van der Waals surface area contributed by atoms with Crippen LogP contribution in [0.5, 0.6) is 0 Å². The largest absolute Gasteiger partial charge is 0.480 e. The van der Waals surface area contributed by atoms with Crippen LogP contribution in [0.15, 0.2) is 18.2 Å². The van der Waals surface area contributed by atoms with E-state index in [4.69, 9.17) is 16.7 Å². The second kappa shape index (κ2) is 7.09. The molecule has 1 amide bonds. The van der Waals surface area contributed by atoms with E-state index in [9.17, 15) is 9.59 Å². The zero-order valence-corrected chi connectivity index (χ0v) is 13.6. The van der Waals surface area contributed by atoms with Crippen molar-refractivity contribution in [3.8, 4) is 0 Å². The highest BCUT2D eigenvalue weighted by Gasteiger charge is 2.24. The molecule has 0 aliphatic rings. The van der Waals surface area contributed by atoms with E-state index >= 15 is 0 Å². The van der Waals surface area contributed by atoms with E-state index in [1.165, 1.54) is 4.90 Å². The number of aliphatic carboxylic acids is 1. The van der Waals surface area contributed by atoms with Gasteiger partial charge in [-0.1, -0.05) is 18.5 Å². The summed E-state index contributed by atoms with van der Waals surface area (Å²) in [4.78, 5) is 24.7. The molecule has 1 N–H and O–H groups in total. The zero-order valence-electron chi connectivity index (χ0n) is 10.7. The predicted molar refractivity (Wildman–Crippen MR) is 82.6 cm³/mol. The van der Waals surface area contributed by atoms with Crippen molar-refractivity contribution >= 4 is 46.1 Å². The zero-order chi connectivity index (χ0) is 14.6. The summed E-state index contributed by atoms with van der Waals surface area (Å²) in [5.41, 5.74) is 0.439. The van der Waals surface area contributed by atoms with Gasteiger partial charge in [0.1, 0.15) is 6.54 Å². The van der Waals surface area contributed by atoms with Crippen LogP contribution in [-0.2, 0) is 4.79 Å². The molecule has 0 aromatic heterocycles. The highest BCUT2D eigenvalue weighted by Crippen LogP contribution is 2.21. The van der Waals surface area contributed by atoms with Crippen molar-refractivity contribution in [2.24, 2.45) is 0 Å². The first-order chi connectivity index (χ1) is 8.86. The van der Waals surface area contributed by atoms with Crippen LogP contribution < -0.4 is 0 Å². The van der Waals surface area contributed by atoms with Gasteiger partial charge >= 0.3 is 5.97 Å². The van der Waals surface area contributed by atoms with Gasteiger partial charge in [0.05, 0.1) is 5.56 Å². The summed E-state index contributed by atoms with van der Waals surface area (Å²) in [6.07, 6.45) is 0.691. The molecular formula is C13H15ClINO3. The molecule has 0 aliphatic heterocycles. The number of benzene rings is 1. The van der Waals surface area contributed by atoms with Crippen LogP contribution in [0.25, 0.3) is 0 Å². The number of carboxylic acids is 1.